The molecule has 1 aliphatic heterocycles. The van der Waals surface area contributed by atoms with Crippen LogP contribution in [-0.2, 0) is 0 Å². The highest BCUT2D eigenvalue weighted by atomic mass is 32.1. The molecule has 8 heteroatoms. The minimum atomic E-state index is -0.105. The van der Waals surface area contributed by atoms with Crippen molar-refractivity contribution in [2.24, 2.45) is 0 Å². The highest BCUT2D eigenvalue weighted by Crippen LogP contribution is 2.15. The van der Waals surface area contributed by atoms with Crippen LogP contribution in [0.25, 0.3) is 0 Å². The van der Waals surface area contributed by atoms with Gasteiger partial charge in [0.25, 0.3) is 11.8 Å². The molecule has 0 radical (unpaired) electrons. The first-order valence-corrected chi connectivity index (χ1v) is 8.52. The van der Waals surface area contributed by atoms with Crippen molar-refractivity contribution in [2.75, 3.05) is 20.2 Å². The smallest absolute Gasteiger partial charge is 0.275 e. The highest BCUT2D eigenvalue weighted by molar-refractivity contribution is 7.03. The lowest BCUT2D eigenvalue weighted by molar-refractivity contribution is 0.0692. The molecule has 0 unspecified atom stereocenters. The van der Waals surface area contributed by atoms with Gasteiger partial charge in [0, 0.05) is 30.1 Å². The van der Waals surface area contributed by atoms with Crippen molar-refractivity contribution in [2.45, 2.75) is 18.9 Å². The molecule has 1 N–H and O–H groups in total. The van der Waals surface area contributed by atoms with Crippen molar-refractivity contribution < 1.29 is 14.3 Å². The molecule has 1 fully saturated rings. The van der Waals surface area contributed by atoms with E-state index < -0.39 is 0 Å². The fraction of sp³-hybridized carbons (Fsp3) is 0.375. The van der Waals surface area contributed by atoms with Gasteiger partial charge in [-0.2, -0.15) is 0 Å². The van der Waals surface area contributed by atoms with Crippen LogP contribution in [0.5, 0.6) is 5.75 Å². The summed E-state index contributed by atoms with van der Waals surface area (Å²) in [7, 11) is 1.59. The topological polar surface area (TPSA) is 84.4 Å². The second kappa shape index (κ2) is 7.39. The number of amides is 2. The van der Waals surface area contributed by atoms with Gasteiger partial charge in [0.1, 0.15) is 5.75 Å². The maximum atomic E-state index is 12.3. The molecule has 1 aromatic heterocycles. The number of rotatable bonds is 4. The standard InChI is InChI=1S/C16H18N4O3S/c1-23-13-4-2-11(3-5-13)15(21)17-12-6-8-20(9-7-12)16(22)14-10-24-19-18-14/h2-5,10,12H,6-9H2,1H3,(H,17,21). The summed E-state index contributed by atoms with van der Waals surface area (Å²) >= 11 is 1.17. The van der Waals surface area contributed by atoms with Crippen LogP contribution >= 0.6 is 11.5 Å². The van der Waals surface area contributed by atoms with Gasteiger partial charge in [0.05, 0.1) is 7.11 Å². The summed E-state index contributed by atoms with van der Waals surface area (Å²) in [6.07, 6.45) is 1.45. The van der Waals surface area contributed by atoms with Crippen LogP contribution in [0.2, 0.25) is 0 Å². The van der Waals surface area contributed by atoms with Gasteiger partial charge >= 0.3 is 0 Å². The van der Waals surface area contributed by atoms with Gasteiger partial charge in [0.2, 0.25) is 0 Å². The average molecular weight is 346 g/mol. The monoisotopic (exact) mass is 346 g/mol. The van der Waals surface area contributed by atoms with E-state index in [1.807, 2.05) is 0 Å². The van der Waals surface area contributed by atoms with Crippen LogP contribution in [0.3, 0.4) is 0 Å². The molecule has 1 aromatic carbocycles. The first kappa shape index (κ1) is 16.4. The number of hydrogen-bond acceptors (Lipinski definition) is 6. The van der Waals surface area contributed by atoms with Crippen molar-refractivity contribution in [1.82, 2.24) is 19.8 Å². The van der Waals surface area contributed by atoms with E-state index >= 15 is 0 Å². The molecule has 2 amide bonds. The fourth-order valence-electron chi connectivity index (χ4n) is 2.66. The zero-order valence-corrected chi connectivity index (χ0v) is 14.1. The van der Waals surface area contributed by atoms with Crippen LogP contribution in [0.1, 0.15) is 33.7 Å². The first-order chi connectivity index (χ1) is 11.7. The Morgan fingerprint density at radius 2 is 1.96 bits per heavy atom. The van der Waals surface area contributed by atoms with Crippen LogP contribution in [-0.4, -0.2) is 52.5 Å². The second-order valence-electron chi connectivity index (χ2n) is 5.56. The summed E-state index contributed by atoms with van der Waals surface area (Å²) in [6.45, 7) is 1.20. The van der Waals surface area contributed by atoms with Gasteiger partial charge in [-0.3, -0.25) is 9.59 Å². The average Bonchev–Trinajstić information content (AvgIpc) is 3.16. The molecule has 24 heavy (non-hydrogen) atoms. The third-order valence-corrected chi connectivity index (χ3v) is 4.55. The summed E-state index contributed by atoms with van der Waals surface area (Å²) in [4.78, 5) is 26.2. The molecule has 1 saturated heterocycles. The Morgan fingerprint density at radius 1 is 1.25 bits per heavy atom. The molecule has 7 nitrogen and oxygen atoms in total. The van der Waals surface area contributed by atoms with E-state index in [2.05, 4.69) is 14.9 Å². The number of carbonyl (C=O) groups excluding carboxylic acids is 2. The SMILES string of the molecule is COc1ccc(C(=O)NC2CCN(C(=O)c3csnn3)CC2)cc1. The Morgan fingerprint density at radius 3 is 2.54 bits per heavy atom. The number of ether oxygens (including phenoxy) is 1. The van der Waals surface area contributed by atoms with E-state index in [9.17, 15) is 9.59 Å². The lowest BCUT2D eigenvalue weighted by Gasteiger charge is -2.31. The first-order valence-electron chi connectivity index (χ1n) is 7.68. The lowest BCUT2D eigenvalue weighted by Crippen LogP contribution is -2.46. The van der Waals surface area contributed by atoms with Gasteiger partial charge in [-0.25, -0.2) is 0 Å². The highest BCUT2D eigenvalue weighted by Gasteiger charge is 2.25. The van der Waals surface area contributed by atoms with Crippen molar-refractivity contribution in [3.8, 4) is 5.75 Å². The maximum absolute atomic E-state index is 12.3. The zero-order valence-electron chi connectivity index (χ0n) is 13.3. The molecule has 0 saturated carbocycles. The number of carbonyl (C=O) groups is 2. The summed E-state index contributed by atoms with van der Waals surface area (Å²) in [5.74, 6) is 0.518. The Kier molecular flexibility index (Phi) is 5.05. The Hall–Kier alpha value is -2.48. The molecular weight excluding hydrogens is 328 g/mol. The fourth-order valence-corrected chi connectivity index (χ4v) is 3.09. The normalized spacial score (nSPS) is 15.1. The number of nitrogens with one attached hydrogen (secondary N) is 1. The number of nitrogens with zero attached hydrogens (tertiary/aromatic N) is 3. The minimum absolute atomic E-state index is 0.0669. The third-order valence-electron chi connectivity index (χ3n) is 4.05. The molecule has 0 bridgehead atoms. The van der Waals surface area contributed by atoms with E-state index in [0.29, 0.717) is 24.3 Å². The van der Waals surface area contributed by atoms with Crippen molar-refractivity contribution in [3.05, 3.63) is 40.9 Å². The number of piperidine rings is 1. The summed E-state index contributed by atoms with van der Waals surface area (Å²) in [5, 5.41) is 8.49. The van der Waals surface area contributed by atoms with Gasteiger partial charge in [0.15, 0.2) is 5.69 Å². The van der Waals surface area contributed by atoms with Crippen LogP contribution in [0, 0.1) is 0 Å². The number of likely N-dealkylation sites (tertiary alicyclic amines) is 1. The van der Waals surface area contributed by atoms with E-state index in [1.54, 1.807) is 41.7 Å². The Bertz CT molecular complexity index is 695. The molecule has 2 heterocycles. The van der Waals surface area contributed by atoms with Crippen molar-refractivity contribution in [1.29, 1.82) is 0 Å². The Labute approximate surface area is 143 Å². The predicted molar refractivity (Wildman–Crippen MR) is 89.3 cm³/mol. The summed E-state index contributed by atoms with van der Waals surface area (Å²) < 4.78 is 8.80. The zero-order chi connectivity index (χ0) is 16.9. The number of aromatic nitrogens is 2. The second-order valence-corrected chi connectivity index (χ2v) is 6.17. The van der Waals surface area contributed by atoms with Gasteiger partial charge in [-0.15, -0.1) is 5.10 Å². The third kappa shape index (κ3) is 3.70. The molecule has 0 aliphatic carbocycles. The van der Waals surface area contributed by atoms with Crippen LogP contribution < -0.4 is 10.1 Å². The molecule has 126 valence electrons. The van der Waals surface area contributed by atoms with E-state index in [1.165, 1.54) is 11.5 Å². The predicted octanol–water partition coefficient (Wildman–Crippen LogP) is 1.58. The van der Waals surface area contributed by atoms with Gasteiger partial charge in [-0.1, -0.05) is 4.49 Å². The number of methoxy groups -OCH3 is 1. The van der Waals surface area contributed by atoms with Crippen molar-refractivity contribution in [3.63, 3.8) is 0 Å². The number of benzene rings is 1. The lowest BCUT2D eigenvalue weighted by atomic mass is 10.0. The van der Waals surface area contributed by atoms with E-state index in [4.69, 9.17) is 4.74 Å². The van der Waals surface area contributed by atoms with Crippen molar-refractivity contribution >= 4 is 23.3 Å². The van der Waals surface area contributed by atoms with Gasteiger partial charge < -0.3 is 15.0 Å². The molecule has 1 aliphatic rings. The quantitative estimate of drug-likeness (QED) is 0.909. The van der Waals surface area contributed by atoms with Crippen LogP contribution in [0.15, 0.2) is 29.6 Å². The molecular formula is C16H18N4O3S. The molecule has 0 spiro atoms. The van der Waals surface area contributed by atoms with E-state index in [-0.39, 0.29) is 17.9 Å². The molecule has 2 aromatic rings. The summed E-state index contributed by atoms with van der Waals surface area (Å²) in [6, 6.07) is 7.07. The Balaban J connectivity index is 1.51. The molecule has 3 rings (SSSR count). The maximum Gasteiger partial charge on any atom is 0.275 e. The largest absolute Gasteiger partial charge is 0.497 e. The minimum Gasteiger partial charge on any atom is -0.497 e. The van der Waals surface area contributed by atoms with Gasteiger partial charge in [-0.05, 0) is 48.6 Å². The van der Waals surface area contributed by atoms with Crippen LogP contribution in [0.4, 0.5) is 0 Å². The van der Waals surface area contributed by atoms with E-state index in [0.717, 1.165) is 18.6 Å². The summed E-state index contributed by atoms with van der Waals surface area (Å²) in [5.41, 5.74) is 0.989. The molecule has 0 atom stereocenters. The number of hydrogen-bond donors (Lipinski definition) is 1.